The summed E-state index contributed by atoms with van der Waals surface area (Å²) in [6, 6.07) is 9.15. The molecule has 1 atom stereocenters. The number of likely N-dealkylation sites (N-methyl/N-ethyl adjacent to an activating group) is 1. The van der Waals surface area contributed by atoms with E-state index in [1.807, 2.05) is 30.3 Å². The molecule has 0 saturated carbocycles. The van der Waals surface area contributed by atoms with Crippen molar-refractivity contribution in [3.05, 3.63) is 42.1 Å². The number of hydrogen-bond acceptors (Lipinski definition) is 3. The average Bonchev–Trinajstić information content (AvgIpc) is 2.35. The van der Waals surface area contributed by atoms with Crippen LogP contribution in [0.15, 0.2) is 36.5 Å². The molecule has 0 saturated heterocycles. The first kappa shape index (κ1) is 11.5. The highest BCUT2D eigenvalue weighted by Crippen LogP contribution is 2.14. The minimum Gasteiger partial charge on any atom is -0.480 e. The van der Waals surface area contributed by atoms with Crippen LogP contribution in [0.3, 0.4) is 0 Å². The maximum atomic E-state index is 10.9. The van der Waals surface area contributed by atoms with Gasteiger partial charge in [-0.05, 0) is 31.2 Å². The van der Waals surface area contributed by atoms with E-state index < -0.39 is 12.0 Å². The lowest BCUT2D eigenvalue weighted by Crippen LogP contribution is -2.35. The quantitative estimate of drug-likeness (QED) is 0.834. The van der Waals surface area contributed by atoms with Crippen molar-refractivity contribution in [1.29, 1.82) is 0 Å². The molecule has 2 aromatic rings. The smallest absolute Gasteiger partial charge is 0.321 e. The van der Waals surface area contributed by atoms with Crippen LogP contribution in [0.5, 0.6) is 0 Å². The highest BCUT2D eigenvalue weighted by atomic mass is 16.4. The van der Waals surface area contributed by atoms with Crippen LogP contribution < -0.4 is 5.32 Å². The molecule has 88 valence electrons. The second kappa shape index (κ2) is 4.93. The van der Waals surface area contributed by atoms with Crippen molar-refractivity contribution >= 4 is 16.9 Å². The Morgan fingerprint density at radius 2 is 2.29 bits per heavy atom. The van der Waals surface area contributed by atoms with E-state index in [0.717, 1.165) is 16.5 Å². The third-order valence-electron chi connectivity index (χ3n) is 2.76. The maximum Gasteiger partial charge on any atom is 0.321 e. The predicted molar refractivity (Wildman–Crippen MR) is 65.9 cm³/mol. The molecular formula is C13H14N2O2. The summed E-state index contributed by atoms with van der Waals surface area (Å²) < 4.78 is 0. The van der Waals surface area contributed by atoms with Crippen molar-refractivity contribution in [2.45, 2.75) is 12.5 Å². The zero-order valence-corrected chi connectivity index (χ0v) is 9.55. The van der Waals surface area contributed by atoms with Crippen molar-refractivity contribution < 1.29 is 9.90 Å². The molecule has 1 heterocycles. The molecule has 0 aliphatic rings. The van der Waals surface area contributed by atoms with Gasteiger partial charge >= 0.3 is 5.97 Å². The first-order chi connectivity index (χ1) is 8.20. The zero-order chi connectivity index (χ0) is 12.3. The van der Waals surface area contributed by atoms with Crippen LogP contribution in [-0.4, -0.2) is 29.1 Å². The van der Waals surface area contributed by atoms with Crippen molar-refractivity contribution in [3.63, 3.8) is 0 Å². The third-order valence-corrected chi connectivity index (χ3v) is 2.76. The largest absolute Gasteiger partial charge is 0.480 e. The van der Waals surface area contributed by atoms with E-state index in [9.17, 15) is 4.79 Å². The molecule has 17 heavy (non-hydrogen) atoms. The minimum atomic E-state index is -0.839. The molecule has 1 aromatic heterocycles. The Bertz CT molecular complexity index is 540. The van der Waals surface area contributed by atoms with Gasteiger partial charge in [0.2, 0.25) is 0 Å². The van der Waals surface area contributed by atoms with Gasteiger partial charge in [-0.3, -0.25) is 9.78 Å². The predicted octanol–water partition coefficient (Wildman–Crippen LogP) is 1.45. The number of pyridine rings is 1. The standard InChI is InChI=1S/C13H14N2O2/c1-14-12(13(16)17)8-9-4-5-10-3-2-6-15-11(10)7-9/h2-7,12,14H,8H2,1H3,(H,16,17). The summed E-state index contributed by atoms with van der Waals surface area (Å²) in [7, 11) is 1.65. The van der Waals surface area contributed by atoms with Gasteiger partial charge in [-0.25, -0.2) is 0 Å². The molecule has 0 bridgehead atoms. The fourth-order valence-electron chi connectivity index (χ4n) is 1.79. The molecule has 2 rings (SSSR count). The van der Waals surface area contributed by atoms with Crippen LogP contribution in [0.2, 0.25) is 0 Å². The molecule has 4 heteroatoms. The summed E-state index contributed by atoms with van der Waals surface area (Å²) in [5.74, 6) is -0.839. The second-order valence-electron chi connectivity index (χ2n) is 3.91. The first-order valence-electron chi connectivity index (χ1n) is 5.44. The number of carboxylic acids is 1. The summed E-state index contributed by atoms with van der Waals surface area (Å²) >= 11 is 0. The van der Waals surface area contributed by atoms with Gasteiger partial charge in [-0.2, -0.15) is 0 Å². The molecule has 1 aromatic carbocycles. The number of rotatable bonds is 4. The normalized spacial score (nSPS) is 12.5. The summed E-state index contributed by atoms with van der Waals surface area (Å²) in [6.45, 7) is 0. The Morgan fingerprint density at radius 1 is 1.47 bits per heavy atom. The molecule has 0 amide bonds. The average molecular weight is 230 g/mol. The van der Waals surface area contributed by atoms with Crippen molar-refractivity contribution in [1.82, 2.24) is 10.3 Å². The number of hydrogen-bond donors (Lipinski definition) is 2. The van der Waals surface area contributed by atoms with E-state index in [2.05, 4.69) is 10.3 Å². The van der Waals surface area contributed by atoms with Gasteiger partial charge in [-0.15, -0.1) is 0 Å². The number of benzene rings is 1. The van der Waals surface area contributed by atoms with Crippen LogP contribution in [0.1, 0.15) is 5.56 Å². The Hall–Kier alpha value is -1.94. The zero-order valence-electron chi connectivity index (χ0n) is 9.55. The SMILES string of the molecule is CNC(Cc1ccc2cccnc2c1)C(=O)O. The van der Waals surface area contributed by atoms with Crippen LogP contribution in [0.4, 0.5) is 0 Å². The number of aliphatic carboxylic acids is 1. The Balaban J connectivity index is 2.27. The molecule has 1 unspecified atom stereocenters. The first-order valence-corrected chi connectivity index (χ1v) is 5.44. The van der Waals surface area contributed by atoms with Gasteiger partial charge in [0, 0.05) is 11.6 Å². The minimum absolute atomic E-state index is 0.457. The molecule has 0 spiro atoms. The van der Waals surface area contributed by atoms with Crippen LogP contribution in [-0.2, 0) is 11.2 Å². The molecule has 2 N–H and O–H groups in total. The number of aromatic nitrogens is 1. The fraction of sp³-hybridized carbons (Fsp3) is 0.231. The van der Waals surface area contributed by atoms with Gasteiger partial charge in [0.1, 0.15) is 6.04 Å². The number of carboxylic acid groups (broad SMARTS) is 1. The van der Waals surface area contributed by atoms with Crippen molar-refractivity contribution in [2.24, 2.45) is 0 Å². The summed E-state index contributed by atoms with van der Waals surface area (Å²) in [5, 5.41) is 12.8. The Kier molecular flexibility index (Phi) is 3.35. The number of nitrogens with one attached hydrogen (secondary N) is 1. The van der Waals surface area contributed by atoms with Gasteiger partial charge < -0.3 is 10.4 Å². The summed E-state index contributed by atoms with van der Waals surface area (Å²) in [4.78, 5) is 15.2. The third kappa shape index (κ3) is 2.60. The molecular weight excluding hydrogens is 216 g/mol. The van der Waals surface area contributed by atoms with Crippen LogP contribution >= 0.6 is 0 Å². The molecule has 4 nitrogen and oxygen atoms in total. The van der Waals surface area contributed by atoms with E-state index in [0.29, 0.717) is 6.42 Å². The van der Waals surface area contributed by atoms with E-state index in [1.54, 1.807) is 13.2 Å². The molecule has 0 aliphatic heterocycles. The van der Waals surface area contributed by atoms with E-state index in [-0.39, 0.29) is 0 Å². The summed E-state index contributed by atoms with van der Waals surface area (Å²) in [6.07, 6.45) is 2.19. The van der Waals surface area contributed by atoms with Gasteiger partial charge in [0.25, 0.3) is 0 Å². The van der Waals surface area contributed by atoms with E-state index in [1.165, 1.54) is 0 Å². The van der Waals surface area contributed by atoms with Gasteiger partial charge in [-0.1, -0.05) is 18.2 Å². The van der Waals surface area contributed by atoms with Crippen LogP contribution in [0, 0.1) is 0 Å². The number of fused-ring (bicyclic) bond motifs is 1. The number of nitrogens with zero attached hydrogens (tertiary/aromatic N) is 1. The van der Waals surface area contributed by atoms with E-state index >= 15 is 0 Å². The molecule has 0 aliphatic carbocycles. The molecule has 0 radical (unpaired) electrons. The number of carbonyl (C=O) groups is 1. The highest BCUT2D eigenvalue weighted by molar-refractivity contribution is 5.79. The Morgan fingerprint density at radius 3 is 3.00 bits per heavy atom. The second-order valence-corrected chi connectivity index (χ2v) is 3.91. The topological polar surface area (TPSA) is 62.2 Å². The van der Waals surface area contributed by atoms with E-state index in [4.69, 9.17) is 5.11 Å². The lowest BCUT2D eigenvalue weighted by atomic mass is 10.0. The maximum absolute atomic E-state index is 10.9. The highest BCUT2D eigenvalue weighted by Gasteiger charge is 2.15. The van der Waals surface area contributed by atoms with Crippen molar-refractivity contribution in [3.8, 4) is 0 Å². The molecule has 0 fully saturated rings. The fourth-order valence-corrected chi connectivity index (χ4v) is 1.79. The monoisotopic (exact) mass is 230 g/mol. The van der Waals surface area contributed by atoms with Gasteiger partial charge in [0.15, 0.2) is 0 Å². The Labute approximate surface area is 99.3 Å². The lowest BCUT2D eigenvalue weighted by Gasteiger charge is -2.11. The van der Waals surface area contributed by atoms with Crippen molar-refractivity contribution in [2.75, 3.05) is 7.05 Å². The van der Waals surface area contributed by atoms with Crippen LogP contribution in [0.25, 0.3) is 10.9 Å². The van der Waals surface area contributed by atoms with Gasteiger partial charge in [0.05, 0.1) is 5.52 Å². The summed E-state index contributed by atoms with van der Waals surface area (Å²) in [5.41, 5.74) is 1.86. The lowest BCUT2D eigenvalue weighted by molar-refractivity contribution is -0.139.